The Bertz CT molecular complexity index is 391. The molecule has 0 spiro atoms. The van der Waals surface area contributed by atoms with Crippen LogP contribution in [0.3, 0.4) is 0 Å². The van der Waals surface area contributed by atoms with Crippen LogP contribution in [0, 0.1) is 11.8 Å². The second-order valence-corrected chi connectivity index (χ2v) is 2.56. The number of rotatable bonds is 2. The zero-order valence-electron chi connectivity index (χ0n) is 7.74. The molecule has 0 saturated carbocycles. The molecule has 1 rings (SSSR count). The Morgan fingerprint density at radius 1 is 1.71 bits per heavy atom. The maximum atomic E-state index is 10.7. The van der Waals surface area contributed by atoms with Crippen molar-refractivity contribution in [2.45, 2.75) is 0 Å². The third-order valence-electron chi connectivity index (χ3n) is 1.54. The van der Waals surface area contributed by atoms with Crippen molar-refractivity contribution in [3.05, 3.63) is 29.6 Å². The van der Waals surface area contributed by atoms with Gasteiger partial charge in [-0.3, -0.25) is 4.98 Å². The summed E-state index contributed by atoms with van der Waals surface area (Å²) < 4.78 is 0. The van der Waals surface area contributed by atoms with Crippen LogP contribution in [0.2, 0.25) is 0 Å². The fourth-order valence-corrected chi connectivity index (χ4v) is 0.908. The van der Waals surface area contributed by atoms with Crippen LogP contribution in [0.15, 0.2) is 18.5 Å². The van der Waals surface area contributed by atoms with Gasteiger partial charge in [-0.25, -0.2) is 4.79 Å². The van der Waals surface area contributed by atoms with Crippen molar-refractivity contribution in [2.75, 3.05) is 13.6 Å². The van der Waals surface area contributed by atoms with Gasteiger partial charge in [0.15, 0.2) is 0 Å². The second kappa shape index (κ2) is 5.00. The predicted molar refractivity (Wildman–Crippen MR) is 52.0 cm³/mol. The average molecular weight is 190 g/mol. The summed E-state index contributed by atoms with van der Waals surface area (Å²) in [6.07, 6.45) is 2.89. The summed E-state index contributed by atoms with van der Waals surface area (Å²) in [5, 5.41) is 11.7. The molecular formula is C10H10N2O2. The Morgan fingerprint density at radius 3 is 3.14 bits per heavy atom. The zero-order valence-corrected chi connectivity index (χ0v) is 7.74. The largest absolute Gasteiger partial charge is 0.478 e. The van der Waals surface area contributed by atoms with E-state index in [9.17, 15) is 4.79 Å². The Hall–Kier alpha value is -1.86. The minimum atomic E-state index is -0.985. The van der Waals surface area contributed by atoms with Crippen molar-refractivity contribution in [3.63, 3.8) is 0 Å². The van der Waals surface area contributed by atoms with Gasteiger partial charge in [-0.05, 0) is 13.1 Å². The van der Waals surface area contributed by atoms with Gasteiger partial charge >= 0.3 is 5.97 Å². The van der Waals surface area contributed by atoms with Crippen molar-refractivity contribution in [3.8, 4) is 11.8 Å². The van der Waals surface area contributed by atoms with Crippen molar-refractivity contribution in [1.82, 2.24) is 10.3 Å². The molecule has 14 heavy (non-hydrogen) atoms. The minimum Gasteiger partial charge on any atom is -0.478 e. The van der Waals surface area contributed by atoms with E-state index in [4.69, 9.17) is 5.11 Å². The number of nitrogens with one attached hydrogen (secondary N) is 1. The molecule has 0 aliphatic carbocycles. The van der Waals surface area contributed by atoms with Crippen LogP contribution in [0.5, 0.6) is 0 Å². The summed E-state index contributed by atoms with van der Waals surface area (Å²) in [5.41, 5.74) is 0.624. The maximum Gasteiger partial charge on any atom is 0.337 e. The average Bonchev–Trinajstić information content (AvgIpc) is 2.19. The highest BCUT2D eigenvalue weighted by Gasteiger charge is 2.06. The van der Waals surface area contributed by atoms with Gasteiger partial charge in [0.25, 0.3) is 0 Å². The van der Waals surface area contributed by atoms with Gasteiger partial charge in [0.2, 0.25) is 0 Å². The summed E-state index contributed by atoms with van der Waals surface area (Å²) in [5.74, 6) is 4.54. The first-order chi connectivity index (χ1) is 6.75. The highest BCUT2D eigenvalue weighted by atomic mass is 16.4. The van der Waals surface area contributed by atoms with E-state index >= 15 is 0 Å². The van der Waals surface area contributed by atoms with Gasteiger partial charge < -0.3 is 10.4 Å². The fourth-order valence-electron chi connectivity index (χ4n) is 0.908. The summed E-state index contributed by atoms with van der Waals surface area (Å²) in [7, 11) is 1.77. The van der Waals surface area contributed by atoms with E-state index in [2.05, 4.69) is 22.1 Å². The van der Waals surface area contributed by atoms with E-state index < -0.39 is 5.97 Å². The predicted octanol–water partition coefficient (Wildman–Crippen LogP) is 0.351. The first-order valence-corrected chi connectivity index (χ1v) is 4.06. The van der Waals surface area contributed by atoms with Gasteiger partial charge in [-0.1, -0.05) is 11.8 Å². The number of hydrogen-bond acceptors (Lipinski definition) is 3. The number of carboxylic acid groups (broad SMARTS) is 1. The van der Waals surface area contributed by atoms with Gasteiger partial charge in [-0.15, -0.1) is 0 Å². The van der Waals surface area contributed by atoms with Gasteiger partial charge in [0.1, 0.15) is 0 Å². The summed E-state index contributed by atoms with van der Waals surface area (Å²) in [4.78, 5) is 14.6. The van der Waals surface area contributed by atoms with E-state index in [1.54, 1.807) is 7.05 Å². The lowest BCUT2D eigenvalue weighted by Gasteiger charge is -1.96. The molecule has 1 aromatic rings. The molecule has 0 saturated heterocycles. The Balaban J connectivity index is 2.97. The molecule has 4 heteroatoms. The Morgan fingerprint density at radius 2 is 2.50 bits per heavy atom. The van der Waals surface area contributed by atoms with E-state index in [0.717, 1.165) is 0 Å². The second-order valence-electron chi connectivity index (χ2n) is 2.56. The fraction of sp³-hybridized carbons (Fsp3) is 0.200. The molecule has 0 bridgehead atoms. The topological polar surface area (TPSA) is 62.2 Å². The molecule has 4 nitrogen and oxygen atoms in total. The van der Waals surface area contributed by atoms with Gasteiger partial charge in [0.05, 0.1) is 17.7 Å². The van der Waals surface area contributed by atoms with Crippen molar-refractivity contribution in [2.24, 2.45) is 0 Å². The number of aromatic nitrogens is 1. The first-order valence-electron chi connectivity index (χ1n) is 4.06. The maximum absolute atomic E-state index is 10.7. The summed E-state index contributed by atoms with van der Waals surface area (Å²) in [6.45, 7) is 0.522. The highest BCUT2D eigenvalue weighted by molar-refractivity contribution is 5.90. The lowest BCUT2D eigenvalue weighted by Crippen LogP contribution is -2.05. The Kier molecular flexibility index (Phi) is 3.65. The zero-order chi connectivity index (χ0) is 10.4. The van der Waals surface area contributed by atoms with Crippen LogP contribution in [-0.4, -0.2) is 29.7 Å². The van der Waals surface area contributed by atoms with Crippen LogP contribution in [-0.2, 0) is 0 Å². The number of aromatic carboxylic acids is 1. The third-order valence-corrected chi connectivity index (χ3v) is 1.54. The molecule has 1 heterocycles. The Labute approximate surface area is 82.0 Å². The summed E-state index contributed by atoms with van der Waals surface area (Å²) >= 11 is 0. The molecular weight excluding hydrogens is 180 g/mol. The molecule has 0 fully saturated rings. The normalized spacial score (nSPS) is 8.93. The highest BCUT2D eigenvalue weighted by Crippen LogP contribution is 2.04. The number of carboxylic acids is 1. The quantitative estimate of drug-likeness (QED) is 0.660. The third kappa shape index (κ3) is 2.57. The summed E-state index contributed by atoms with van der Waals surface area (Å²) in [6, 6.07) is 1.44. The molecule has 0 aliphatic heterocycles. The van der Waals surface area contributed by atoms with Crippen LogP contribution < -0.4 is 5.32 Å². The number of carbonyl (C=O) groups is 1. The lowest BCUT2D eigenvalue weighted by molar-refractivity contribution is 0.0696. The van der Waals surface area contributed by atoms with Crippen LogP contribution in [0.4, 0.5) is 0 Å². The molecule has 0 aromatic carbocycles. The molecule has 0 radical (unpaired) electrons. The molecule has 2 N–H and O–H groups in total. The van der Waals surface area contributed by atoms with Crippen molar-refractivity contribution >= 4 is 5.97 Å². The minimum absolute atomic E-state index is 0.184. The van der Waals surface area contributed by atoms with Crippen molar-refractivity contribution in [1.29, 1.82) is 0 Å². The molecule has 0 aliphatic rings. The van der Waals surface area contributed by atoms with E-state index in [1.807, 2.05) is 0 Å². The smallest absolute Gasteiger partial charge is 0.337 e. The van der Waals surface area contributed by atoms with E-state index in [0.29, 0.717) is 12.1 Å². The number of nitrogens with zero attached hydrogens (tertiary/aromatic N) is 1. The number of hydrogen-bond donors (Lipinski definition) is 2. The molecule has 72 valence electrons. The van der Waals surface area contributed by atoms with Crippen LogP contribution in [0.25, 0.3) is 0 Å². The monoisotopic (exact) mass is 190 g/mol. The SMILES string of the molecule is CNCC#Cc1cnccc1C(=O)O. The standard InChI is InChI=1S/C10H10N2O2/c1-11-5-2-3-8-7-12-6-4-9(8)10(13)14/h4,6-7,11H,5H2,1H3,(H,13,14). The van der Waals surface area contributed by atoms with Crippen LogP contribution >= 0.6 is 0 Å². The molecule has 1 aromatic heterocycles. The van der Waals surface area contributed by atoms with Gasteiger partial charge in [0, 0.05) is 12.4 Å². The van der Waals surface area contributed by atoms with Crippen LogP contribution in [0.1, 0.15) is 15.9 Å². The number of pyridine rings is 1. The van der Waals surface area contributed by atoms with E-state index in [-0.39, 0.29) is 5.56 Å². The van der Waals surface area contributed by atoms with Gasteiger partial charge in [-0.2, -0.15) is 0 Å². The molecule has 0 atom stereocenters. The first kappa shape index (κ1) is 10.2. The lowest BCUT2D eigenvalue weighted by atomic mass is 10.1. The van der Waals surface area contributed by atoms with Crippen molar-refractivity contribution < 1.29 is 9.90 Å². The molecule has 0 amide bonds. The molecule has 0 unspecified atom stereocenters. The van der Waals surface area contributed by atoms with E-state index in [1.165, 1.54) is 18.5 Å².